The molecule has 0 saturated heterocycles. The monoisotopic (exact) mass is 318 g/mol. The number of hydrogen-bond acceptors (Lipinski definition) is 3. The third-order valence-corrected chi connectivity index (χ3v) is 5.46. The maximum absolute atomic E-state index is 13.0. The van der Waals surface area contributed by atoms with E-state index in [0.717, 1.165) is 35.1 Å². The predicted molar refractivity (Wildman–Crippen MR) is 90.6 cm³/mol. The molecule has 22 heavy (non-hydrogen) atoms. The van der Waals surface area contributed by atoms with Gasteiger partial charge in [0.2, 0.25) is 0 Å². The van der Waals surface area contributed by atoms with E-state index in [9.17, 15) is 4.39 Å². The molecule has 1 heterocycles. The Labute approximate surface area is 135 Å². The normalized spacial score (nSPS) is 21.9. The molecular weight excluding hydrogens is 295 g/mol. The standard InChI is InChI=1S/C18H23FN2S/c1-13-4-2-3-5-16(13)20-11-10-18-21-17(12-22-18)14-6-8-15(19)9-7-14/h6-9,12-13,16,20H,2-5,10-11H2,1H3. The summed E-state index contributed by atoms with van der Waals surface area (Å²) in [6.07, 6.45) is 6.36. The van der Waals surface area contributed by atoms with Gasteiger partial charge < -0.3 is 5.32 Å². The summed E-state index contributed by atoms with van der Waals surface area (Å²) in [5.41, 5.74) is 1.93. The van der Waals surface area contributed by atoms with Crippen molar-refractivity contribution in [3.63, 3.8) is 0 Å². The van der Waals surface area contributed by atoms with Gasteiger partial charge in [-0.2, -0.15) is 0 Å². The summed E-state index contributed by atoms with van der Waals surface area (Å²) >= 11 is 1.69. The third-order valence-electron chi connectivity index (χ3n) is 4.55. The van der Waals surface area contributed by atoms with Crippen LogP contribution in [0.2, 0.25) is 0 Å². The minimum absolute atomic E-state index is 0.204. The van der Waals surface area contributed by atoms with Crippen LogP contribution >= 0.6 is 11.3 Å². The van der Waals surface area contributed by atoms with E-state index in [1.54, 1.807) is 23.5 Å². The van der Waals surface area contributed by atoms with Crippen LogP contribution in [-0.4, -0.2) is 17.6 Å². The first kappa shape index (κ1) is 15.6. The summed E-state index contributed by atoms with van der Waals surface area (Å²) in [5, 5.41) is 6.90. The maximum Gasteiger partial charge on any atom is 0.123 e. The molecule has 1 aliphatic carbocycles. The number of nitrogens with one attached hydrogen (secondary N) is 1. The SMILES string of the molecule is CC1CCCCC1NCCc1nc(-c2ccc(F)cc2)cs1. The van der Waals surface area contributed by atoms with Crippen LogP contribution in [0.25, 0.3) is 11.3 Å². The molecule has 3 rings (SSSR count). The molecule has 0 bridgehead atoms. The summed E-state index contributed by atoms with van der Waals surface area (Å²) in [4.78, 5) is 4.67. The van der Waals surface area contributed by atoms with Crippen molar-refractivity contribution in [1.29, 1.82) is 0 Å². The van der Waals surface area contributed by atoms with E-state index >= 15 is 0 Å². The predicted octanol–water partition coefficient (Wildman–Crippen LogP) is 4.66. The minimum Gasteiger partial charge on any atom is -0.313 e. The number of nitrogens with zero attached hydrogens (tertiary/aromatic N) is 1. The van der Waals surface area contributed by atoms with Crippen molar-refractivity contribution < 1.29 is 4.39 Å². The number of thiazole rings is 1. The summed E-state index contributed by atoms with van der Waals surface area (Å²) in [6.45, 7) is 3.35. The van der Waals surface area contributed by atoms with E-state index in [2.05, 4.69) is 22.6 Å². The van der Waals surface area contributed by atoms with Gasteiger partial charge in [-0.15, -0.1) is 11.3 Å². The zero-order chi connectivity index (χ0) is 15.4. The molecule has 4 heteroatoms. The van der Waals surface area contributed by atoms with Crippen LogP contribution in [0.4, 0.5) is 4.39 Å². The van der Waals surface area contributed by atoms with Crippen LogP contribution in [0.1, 0.15) is 37.6 Å². The molecule has 0 aliphatic heterocycles. The Morgan fingerprint density at radius 3 is 2.77 bits per heavy atom. The molecule has 2 nitrogen and oxygen atoms in total. The van der Waals surface area contributed by atoms with Gasteiger partial charge in [0.05, 0.1) is 10.7 Å². The zero-order valence-electron chi connectivity index (χ0n) is 13.0. The molecule has 118 valence electrons. The van der Waals surface area contributed by atoms with Gasteiger partial charge >= 0.3 is 0 Å². The van der Waals surface area contributed by atoms with E-state index in [1.807, 2.05) is 0 Å². The van der Waals surface area contributed by atoms with Gasteiger partial charge in [0, 0.05) is 30.0 Å². The maximum atomic E-state index is 13.0. The molecule has 2 aromatic rings. The lowest BCUT2D eigenvalue weighted by atomic mass is 9.86. The molecule has 1 saturated carbocycles. The van der Waals surface area contributed by atoms with E-state index in [-0.39, 0.29) is 5.82 Å². The summed E-state index contributed by atoms with van der Waals surface area (Å²) < 4.78 is 13.0. The van der Waals surface area contributed by atoms with Crippen molar-refractivity contribution in [3.05, 3.63) is 40.5 Å². The average Bonchev–Trinajstić information content (AvgIpc) is 2.99. The molecule has 2 unspecified atom stereocenters. The number of benzene rings is 1. The van der Waals surface area contributed by atoms with E-state index in [0.29, 0.717) is 6.04 Å². The van der Waals surface area contributed by atoms with Gasteiger partial charge in [0.25, 0.3) is 0 Å². The fourth-order valence-electron chi connectivity index (χ4n) is 3.16. The second-order valence-corrected chi connectivity index (χ2v) is 7.15. The lowest BCUT2D eigenvalue weighted by Crippen LogP contribution is -2.38. The van der Waals surface area contributed by atoms with Crippen LogP contribution in [0.3, 0.4) is 0 Å². The quantitative estimate of drug-likeness (QED) is 0.867. The second kappa shape index (κ2) is 7.34. The summed E-state index contributed by atoms with van der Waals surface area (Å²) in [7, 11) is 0. The van der Waals surface area contributed by atoms with Gasteiger partial charge in [-0.25, -0.2) is 9.37 Å². The molecule has 0 radical (unpaired) electrons. The lowest BCUT2D eigenvalue weighted by Gasteiger charge is -2.29. The van der Waals surface area contributed by atoms with Crippen LogP contribution in [0.5, 0.6) is 0 Å². The Morgan fingerprint density at radius 2 is 2.00 bits per heavy atom. The second-order valence-electron chi connectivity index (χ2n) is 6.21. The van der Waals surface area contributed by atoms with Gasteiger partial charge in [-0.1, -0.05) is 19.8 Å². The summed E-state index contributed by atoms with van der Waals surface area (Å²) in [5.74, 6) is 0.588. The highest BCUT2D eigenvalue weighted by atomic mass is 32.1. The lowest BCUT2D eigenvalue weighted by molar-refractivity contribution is 0.282. The zero-order valence-corrected chi connectivity index (χ0v) is 13.8. The first-order chi connectivity index (χ1) is 10.7. The molecule has 1 aromatic carbocycles. The Bertz CT molecular complexity index is 593. The highest BCUT2D eigenvalue weighted by molar-refractivity contribution is 7.09. The molecule has 1 N–H and O–H groups in total. The van der Waals surface area contributed by atoms with Crippen molar-refractivity contribution in [2.24, 2.45) is 5.92 Å². The number of hydrogen-bond donors (Lipinski definition) is 1. The van der Waals surface area contributed by atoms with Gasteiger partial charge in [-0.05, 0) is 43.0 Å². The van der Waals surface area contributed by atoms with Crippen molar-refractivity contribution >= 4 is 11.3 Å². The van der Waals surface area contributed by atoms with Crippen LogP contribution in [0, 0.1) is 11.7 Å². The molecule has 1 fully saturated rings. The topological polar surface area (TPSA) is 24.9 Å². The van der Waals surface area contributed by atoms with Crippen molar-refractivity contribution in [1.82, 2.24) is 10.3 Å². The largest absolute Gasteiger partial charge is 0.313 e. The van der Waals surface area contributed by atoms with Crippen molar-refractivity contribution in [3.8, 4) is 11.3 Å². The van der Waals surface area contributed by atoms with Crippen LogP contribution in [-0.2, 0) is 6.42 Å². The average molecular weight is 318 g/mol. The Kier molecular flexibility index (Phi) is 5.21. The number of rotatable bonds is 5. The molecule has 0 amide bonds. The van der Waals surface area contributed by atoms with Gasteiger partial charge in [-0.3, -0.25) is 0 Å². The Hall–Kier alpha value is -1.26. The van der Waals surface area contributed by atoms with E-state index < -0.39 is 0 Å². The first-order valence-electron chi connectivity index (χ1n) is 8.16. The van der Waals surface area contributed by atoms with E-state index in [1.165, 1.54) is 37.8 Å². The summed E-state index contributed by atoms with van der Waals surface area (Å²) in [6, 6.07) is 7.22. The highest BCUT2D eigenvalue weighted by Crippen LogP contribution is 2.24. The number of halogens is 1. The molecule has 1 aromatic heterocycles. The minimum atomic E-state index is -0.204. The third kappa shape index (κ3) is 3.93. The smallest absolute Gasteiger partial charge is 0.123 e. The van der Waals surface area contributed by atoms with Gasteiger partial charge in [0.1, 0.15) is 5.82 Å². The van der Waals surface area contributed by atoms with Crippen molar-refractivity contribution in [2.45, 2.75) is 45.1 Å². The highest BCUT2D eigenvalue weighted by Gasteiger charge is 2.20. The van der Waals surface area contributed by atoms with Gasteiger partial charge in [0.15, 0.2) is 0 Å². The molecular formula is C18H23FN2S. The molecule has 2 atom stereocenters. The molecule has 0 spiro atoms. The van der Waals surface area contributed by atoms with Crippen molar-refractivity contribution in [2.75, 3.05) is 6.54 Å². The fraction of sp³-hybridized carbons (Fsp3) is 0.500. The van der Waals surface area contributed by atoms with Crippen LogP contribution < -0.4 is 5.32 Å². The van der Waals surface area contributed by atoms with E-state index in [4.69, 9.17) is 0 Å². The Morgan fingerprint density at radius 1 is 1.23 bits per heavy atom. The number of aromatic nitrogens is 1. The molecule has 1 aliphatic rings. The van der Waals surface area contributed by atoms with Crippen LogP contribution in [0.15, 0.2) is 29.6 Å². The first-order valence-corrected chi connectivity index (χ1v) is 9.04. The Balaban J connectivity index is 1.52. The fourth-order valence-corrected chi connectivity index (χ4v) is 3.97.